The van der Waals surface area contributed by atoms with Crippen LogP contribution in [0.5, 0.6) is 0 Å². The first kappa shape index (κ1) is 13.3. The highest BCUT2D eigenvalue weighted by molar-refractivity contribution is 9.10. The van der Waals surface area contributed by atoms with Gasteiger partial charge in [-0.1, -0.05) is 15.9 Å². The zero-order valence-electron chi connectivity index (χ0n) is 10.1. The van der Waals surface area contributed by atoms with Crippen LogP contribution in [0.2, 0.25) is 0 Å². The molecule has 2 rings (SSSR count). The molecule has 3 nitrogen and oxygen atoms in total. The van der Waals surface area contributed by atoms with Crippen molar-refractivity contribution in [3.05, 3.63) is 49.8 Å². The van der Waals surface area contributed by atoms with E-state index < -0.39 is 0 Å². The average molecular weight is 328 g/mol. The normalized spacial score (nSPS) is 10.7. The molecular formula is C13H12BrClN2O. The van der Waals surface area contributed by atoms with Crippen LogP contribution < -0.4 is 5.56 Å². The fraction of sp³-hybridized carbons (Fsp3) is 0.231. The van der Waals surface area contributed by atoms with E-state index in [4.69, 9.17) is 11.6 Å². The Labute approximate surface area is 118 Å². The first-order valence-corrected chi connectivity index (χ1v) is 6.77. The summed E-state index contributed by atoms with van der Waals surface area (Å²) in [7, 11) is 0. The molecule has 0 spiro atoms. The maximum Gasteiger partial charge on any atom is 0.251 e. The number of halogens is 2. The molecule has 0 radical (unpaired) electrons. The summed E-state index contributed by atoms with van der Waals surface area (Å²) in [5.74, 6) is 0.780. The van der Waals surface area contributed by atoms with Crippen LogP contribution in [0.4, 0.5) is 0 Å². The molecule has 94 valence electrons. The van der Waals surface area contributed by atoms with Crippen molar-refractivity contribution in [1.29, 1.82) is 0 Å². The summed E-state index contributed by atoms with van der Waals surface area (Å²) >= 11 is 9.24. The topological polar surface area (TPSA) is 45.8 Å². The SMILES string of the molecule is Cc1cc(-c2nc(CCl)cc(=O)[nH]2)cc(C)c1Br. The van der Waals surface area contributed by atoms with E-state index in [9.17, 15) is 4.79 Å². The lowest BCUT2D eigenvalue weighted by molar-refractivity contribution is 1.06. The van der Waals surface area contributed by atoms with Crippen LogP contribution in [0.15, 0.2) is 27.5 Å². The molecule has 0 aliphatic carbocycles. The number of nitrogens with zero attached hydrogens (tertiary/aromatic N) is 1. The lowest BCUT2D eigenvalue weighted by Gasteiger charge is -2.08. The van der Waals surface area contributed by atoms with Gasteiger partial charge in [0.1, 0.15) is 5.82 Å². The van der Waals surface area contributed by atoms with E-state index >= 15 is 0 Å². The van der Waals surface area contributed by atoms with Crippen molar-refractivity contribution in [2.75, 3.05) is 0 Å². The highest BCUT2D eigenvalue weighted by Gasteiger charge is 2.07. The largest absolute Gasteiger partial charge is 0.307 e. The summed E-state index contributed by atoms with van der Waals surface area (Å²) in [6.45, 7) is 4.01. The van der Waals surface area contributed by atoms with Crippen molar-refractivity contribution in [1.82, 2.24) is 9.97 Å². The maximum absolute atomic E-state index is 11.5. The summed E-state index contributed by atoms with van der Waals surface area (Å²) in [5, 5.41) is 0. The monoisotopic (exact) mass is 326 g/mol. The van der Waals surface area contributed by atoms with Gasteiger partial charge in [0, 0.05) is 16.1 Å². The van der Waals surface area contributed by atoms with Gasteiger partial charge in [0.05, 0.1) is 11.6 Å². The van der Waals surface area contributed by atoms with Crippen molar-refractivity contribution in [3.63, 3.8) is 0 Å². The molecule has 0 aliphatic rings. The Morgan fingerprint density at radius 2 is 1.89 bits per heavy atom. The van der Waals surface area contributed by atoms with Gasteiger partial charge in [0.15, 0.2) is 0 Å². The van der Waals surface area contributed by atoms with Gasteiger partial charge in [-0.15, -0.1) is 11.6 Å². The van der Waals surface area contributed by atoms with E-state index in [-0.39, 0.29) is 11.4 Å². The second kappa shape index (κ2) is 5.24. The lowest BCUT2D eigenvalue weighted by atomic mass is 10.1. The van der Waals surface area contributed by atoms with E-state index in [0.717, 1.165) is 21.2 Å². The molecule has 1 aromatic carbocycles. The van der Waals surface area contributed by atoms with Gasteiger partial charge < -0.3 is 4.98 Å². The molecule has 0 saturated heterocycles. The number of aryl methyl sites for hydroxylation is 2. The molecule has 0 saturated carbocycles. The highest BCUT2D eigenvalue weighted by atomic mass is 79.9. The molecule has 18 heavy (non-hydrogen) atoms. The Morgan fingerprint density at radius 1 is 1.28 bits per heavy atom. The molecule has 2 aromatic rings. The van der Waals surface area contributed by atoms with Gasteiger partial charge in [-0.25, -0.2) is 4.98 Å². The van der Waals surface area contributed by atoms with Crippen molar-refractivity contribution in [2.45, 2.75) is 19.7 Å². The quantitative estimate of drug-likeness (QED) is 0.857. The molecule has 1 aromatic heterocycles. The minimum atomic E-state index is -0.186. The molecule has 0 atom stereocenters. The fourth-order valence-electron chi connectivity index (χ4n) is 1.80. The molecule has 1 heterocycles. The molecule has 0 fully saturated rings. The van der Waals surface area contributed by atoms with Crippen LogP contribution in [0.3, 0.4) is 0 Å². The Kier molecular flexibility index (Phi) is 3.88. The van der Waals surface area contributed by atoms with Crippen LogP contribution in [-0.4, -0.2) is 9.97 Å². The van der Waals surface area contributed by atoms with E-state index in [1.54, 1.807) is 0 Å². The smallest absolute Gasteiger partial charge is 0.251 e. The Hall–Kier alpha value is -1.13. The van der Waals surface area contributed by atoms with Gasteiger partial charge in [-0.05, 0) is 37.1 Å². The third-order valence-corrected chi connectivity index (χ3v) is 4.17. The fourth-order valence-corrected chi connectivity index (χ4v) is 2.16. The molecule has 0 unspecified atom stereocenters. The van der Waals surface area contributed by atoms with E-state index in [0.29, 0.717) is 11.5 Å². The van der Waals surface area contributed by atoms with Gasteiger partial charge in [-0.3, -0.25) is 4.79 Å². The minimum Gasteiger partial charge on any atom is -0.307 e. The van der Waals surface area contributed by atoms with Crippen LogP contribution in [0.1, 0.15) is 16.8 Å². The summed E-state index contributed by atoms with van der Waals surface area (Å²) in [4.78, 5) is 18.6. The van der Waals surface area contributed by atoms with Gasteiger partial charge in [0.2, 0.25) is 0 Å². The third-order valence-electron chi connectivity index (χ3n) is 2.64. The van der Waals surface area contributed by atoms with Crippen molar-refractivity contribution >= 4 is 27.5 Å². The zero-order chi connectivity index (χ0) is 13.3. The van der Waals surface area contributed by atoms with Crippen molar-refractivity contribution < 1.29 is 0 Å². The Balaban J connectivity index is 2.62. The summed E-state index contributed by atoms with van der Waals surface area (Å²) in [5.41, 5.74) is 3.48. The van der Waals surface area contributed by atoms with Gasteiger partial charge >= 0.3 is 0 Å². The number of H-pyrrole nitrogens is 1. The van der Waals surface area contributed by atoms with Crippen LogP contribution in [0, 0.1) is 13.8 Å². The van der Waals surface area contributed by atoms with Gasteiger partial charge in [-0.2, -0.15) is 0 Å². The Morgan fingerprint density at radius 3 is 2.44 bits per heavy atom. The minimum absolute atomic E-state index is 0.186. The summed E-state index contributed by atoms with van der Waals surface area (Å²) < 4.78 is 1.07. The molecule has 5 heteroatoms. The number of aromatic amines is 1. The maximum atomic E-state index is 11.5. The van der Waals surface area contributed by atoms with Crippen LogP contribution in [-0.2, 0) is 5.88 Å². The van der Waals surface area contributed by atoms with Crippen LogP contribution in [0.25, 0.3) is 11.4 Å². The average Bonchev–Trinajstić information content (AvgIpc) is 2.34. The van der Waals surface area contributed by atoms with Gasteiger partial charge in [0.25, 0.3) is 5.56 Å². The predicted octanol–water partition coefficient (Wildman–Crippen LogP) is 3.56. The molecular weight excluding hydrogens is 316 g/mol. The number of hydrogen-bond donors (Lipinski definition) is 1. The summed E-state index contributed by atoms with van der Waals surface area (Å²) in [6.07, 6.45) is 0. The first-order chi connectivity index (χ1) is 8.51. The third kappa shape index (κ3) is 2.65. The zero-order valence-corrected chi connectivity index (χ0v) is 12.4. The number of alkyl halides is 1. The molecule has 1 N–H and O–H groups in total. The second-order valence-corrected chi connectivity index (χ2v) is 5.20. The molecule has 0 amide bonds. The number of benzene rings is 1. The van der Waals surface area contributed by atoms with E-state index in [2.05, 4.69) is 25.9 Å². The summed E-state index contributed by atoms with van der Waals surface area (Å²) in [6, 6.07) is 5.37. The van der Waals surface area contributed by atoms with E-state index in [1.807, 2.05) is 26.0 Å². The lowest BCUT2D eigenvalue weighted by Crippen LogP contribution is -2.09. The van der Waals surface area contributed by atoms with Crippen molar-refractivity contribution in [2.24, 2.45) is 0 Å². The van der Waals surface area contributed by atoms with E-state index in [1.165, 1.54) is 6.07 Å². The molecule has 0 aliphatic heterocycles. The number of nitrogens with one attached hydrogen (secondary N) is 1. The highest BCUT2D eigenvalue weighted by Crippen LogP contribution is 2.26. The second-order valence-electron chi connectivity index (χ2n) is 4.14. The number of aromatic nitrogens is 2. The predicted molar refractivity (Wildman–Crippen MR) is 77.0 cm³/mol. The number of hydrogen-bond acceptors (Lipinski definition) is 2. The first-order valence-electron chi connectivity index (χ1n) is 5.44. The van der Waals surface area contributed by atoms with Crippen molar-refractivity contribution in [3.8, 4) is 11.4 Å². The van der Waals surface area contributed by atoms with Crippen LogP contribution >= 0.6 is 27.5 Å². The standard InChI is InChI=1S/C13H12BrClN2O/c1-7-3-9(4-8(2)12(7)14)13-16-10(6-15)5-11(18)17-13/h3-5H,6H2,1-2H3,(H,16,17,18). The Bertz CT molecular complexity index is 629. The number of rotatable bonds is 2. The molecule has 0 bridgehead atoms.